The van der Waals surface area contributed by atoms with Crippen LogP contribution < -0.4 is 0 Å². The molecule has 0 unspecified atom stereocenters. The molecule has 0 radical (unpaired) electrons. The number of H-pyrrole nitrogens is 1. The third kappa shape index (κ3) is 1.22. The summed E-state index contributed by atoms with van der Waals surface area (Å²) in [5.74, 6) is -0.950. The molecule has 0 spiro atoms. The molecule has 0 saturated heterocycles. The number of carboxylic acid groups (broad SMARTS) is 1. The number of aromatic carboxylic acids is 1. The molecule has 0 aliphatic carbocycles. The first-order valence-corrected chi connectivity index (χ1v) is 3.83. The van der Waals surface area contributed by atoms with Gasteiger partial charge in [0.1, 0.15) is 5.69 Å². The van der Waals surface area contributed by atoms with E-state index in [1.165, 1.54) is 0 Å². The fraction of sp³-hybridized carbons (Fsp3) is 0. The average molecular weight is 176 g/mol. The Balaban J connectivity index is 2.52. The molecular weight excluding hydrogens is 168 g/mol. The van der Waals surface area contributed by atoms with E-state index in [1.807, 2.05) is 12.1 Å². The molecule has 2 aromatic rings. The van der Waals surface area contributed by atoms with E-state index >= 15 is 0 Å². The van der Waals surface area contributed by atoms with Gasteiger partial charge in [0.05, 0.1) is 5.69 Å². The van der Waals surface area contributed by atoms with Crippen LogP contribution in [0.1, 0.15) is 10.5 Å². The zero-order valence-corrected chi connectivity index (χ0v) is 6.77. The quantitative estimate of drug-likeness (QED) is 0.728. The Kier molecular flexibility index (Phi) is 1.66. The molecule has 2 aromatic heterocycles. The lowest BCUT2D eigenvalue weighted by Gasteiger charge is -2.00. The van der Waals surface area contributed by atoms with Gasteiger partial charge in [-0.25, -0.2) is 4.79 Å². The highest BCUT2D eigenvalue weighted by molar-refractivity contribution is 5.89. The van der Waals surface area contributed by atoms with Gasteiger partial charge in [0, 0.05) is 18.6 Å². The van der Waals surface area contributed by atoms with Crippen molar-refractivity contribution in [1.29, 1.82) is 0 Å². The van der Waals surface area contributed by atoms with Crippen molar-refractivity contribution in [3.63, 3.8) is 0 Å². The minimum Gasteiger partial charge on any atom is -0.477 e. The van der Waals surface area contributed by atoms with Crippen molar-refractivity contribution < 1.29 is 9.90 Å². The second-order valence-corrected chi connectivity index (χ2v) is 2.63. The lowest BCUT2D eigenvalue weighted by molar-refractivity contribution is 0.0691. The number of rotatable bonds is 2. The third-order valence-corrected chi connectivity index (χ3v) is 1.82. The first kappa shape index (κ1) is 7.67. The lowest BCUT2D eigenvalue weighted by atomic mass is 10.3. The number of aromatic nitrogens is 2. The van der Waals surface area contributed by atoms with Crippen molar-refractivity contribution in [3.05, 3.63) is 42.5 Å². The van der Waals surface area contributed by atoms with Crippen LogP contribution in [0.4, 0.5) is 0 Å². The Bertz CT molecular complexity index is 415. The maximum atomic E-state index is 10.7. The van der Waals surface area contributed by atoms with Crippen molar-refractivity contribution in [2.45, 2.75) is 0 Å². The van der Waals surface area contributed by atoms with Crippen molar-refractivity contribution >= 4 is 5.97 Å². The minimum atomic E-state index is -0.950. The lowest BCUT2D eigenvalue weighted by Crippen LogP contribution is -2.02. The number of carboxylic acids is 1. The highest BCUT2D eigenvalue weighted by atomic mass is 16.4. The van der Waals surface area contributed by atoms with Gasteiger partial charge in [0.2, 0.25) is 0 Å². The second-order valence-electron chi connectivity index (χ2n) is 2.63. The maximum absolute atomic E-state index is 10.7. The molecule has 0 aromatic carbocycles. The summed E-state index contributed by atoms with van der Waals surface area (Å²) >= 11 is 0. The van der Waals surface area contributed by atoms with E-state index in [-0.39, 0.29) is 5.69 Å². The van der Waals surface area contributed by atoms with Crippen molar-refractivity contribution in [1.82, 2.24) is 9.55 Å². The SMILES string of the molecule is O=C(O)c1[nH]ccc1-n1cccc1. The van der Waals surface area contributed by atoms with E-state index in [4.69, 9.17) is 5.11 Å². The van der Waals surface area contributed by atoms with E-state index in [0.717, 1.165) is 0 Å². The van der Waals surface area contributed by atoms with Gasteiger partial charge in [-0.2, -0.15) is 0 Å². The van der Waals surface area contributed by atoms with E-state index in [1.54, 1.807) is 29.2 Å². The molecule has 13 heavy (non-hydrogen) atoms. The molecule has 2 rings (SSSR count). The van der Waals surface area contributed by atoms with Gasteiger partial charge in [-0.3, -0.25) is 0 Å². The predicted octanol–water partition coefficient (Wildman–Crippen LogP) is 1.50. The van der Waals surface area contributed by atoms with Crippen LogP contribution in [0.3, 0.4) is 0 Å². The third-order valence-electron chi connectivity index (χ3n) is 1.82. The number of nitrogens with zero attached hydrogens (tertiary/aromatic N) is 1. The van der Waals surface area contributed by atoms with Crippen LogP contribution in [-0.4, -0.2) is 20.6 Å². The Morgan fingerprint density at radius 1 is 1.38 bits per heavy atom. The van der Waals surface area contributed by atoms with Crippen LogP contribution in [0.2, 0.25) is 0 Å². The van der Waals surface area contributed by atoms with Gasteiger partial charge in [0.25, 0.3) is 0 Å². The van der Waals surface area contributed by atoms with Gasteiger partial charge in [-0.1, -0.05) is 0 Å². The maximum Gasteiger partial charge on any atom is 0.354 e. The van der Waals surface area contributed by atoms with Crippen LogP contribution in [-0.2, 0) is 0 Å². The monoisotopic (exact) mass is 176 g/mol. The number of nitrogens with one attached hydrogen (secondary N) is 1. The summed E-state index contributed by atoms with van der Waals surface area (Å²) in [6, 6.07) is 5.42. The van der Waals surface area contributed by atoms with E-state index < -0.39 is 5.97 Å². The van der Waals surface area contributed by atoms with Gasteiger partial charge in [-0.05, 0) is 18.2 Å². The molecule has 4 nitrogen and oxygen atoms in total. The normalized spacial score (nSPS) is 10.2. The molecule has 0 amide bonds. The summed E-state index contributed by atoms with van der Waals surface area (Å²) in [5, 5.41) is 8.81. The van der Waals surface area contributed by atoms with Crippen LogP contribution >= 0.6 is 0 Å². The number of aromatic amines is 1. The molecule has 0 aliphatic rings. The highest BCUT2D eigenvalue weighted by Gasteiger charge is 2.11. The summed E-state index contributed by atoms with van der Waals surface area (Å²) in [6.07, 6.45) is 5.21. The van der Waals surface area contributed by atoms with Gasteiger partial charge in [0.15, 0.2) is 0 Å². The minimum absolute atomic E-state index is 0.205. The molecule has 2 heterocycles. The standard InChI is InChI=1S/C9H8N2O2/c12-9(13)8-7(3-4-10-8)11-5-1-2-6-11/h1-6,10H,(H,12,13). The van der Waals surface area contributed by atoms with Gasteiger partial charge >= 0.3 is 5.97 Å². The van der Waals surface area contributed by atoms with Crippen molar-refractivity contribution in [2.24, 2.45) is 0 Å². The number of carbonyl (C=O) groups is 1. The summed E-state index contributed by atoms with van der Waals surface area (Å²) in [5.41, 5.74) is 0.855. The van der Waals surface area contributed by atoms with Gasteiger partial charge < -0.3 is 14.7 Å². The molecule has 0 aliphatic heterocycles. The molecule has 4 heteroatoms. The van der Waals surface area contributed by atoms with E-state index in [0.29, 0.717) is 5.69 Å². The summed E-state index contributed by atoms with van der Waals surface area (Å²) in [4.78, 5) is 13.4. The fourth-order valence-corrected chi connectivity index (χ4v) is 1.24. The molecule has 2 N–H and O–H groups in total. The Labute approximate surface area is 74.4 Å². The van der Waals surface area contributed by atoms with Crippen LogP contribution in [0.15, 0.2) is 36.8 Å². The number of hydrogen-bond donors (Lipinski definition) is 2. The zero-order valence-electron chi connectivity index (χ0n) is 6.77. The van der Waals surface area contributed by atoms with E-state index in [2.05, 4.69) is 4.98 Å². The summed E-state index contributed by atoms with van der Waals surface area (Å²) < 4.78 is 1.75. The fourth-order valence-electron chi connectivity index (χ4n) is 1.24. The molecule has 0 bridgehead atoms. The van der Waals surface area contributed by atoms with Crippen molar-refractivity contribution in [3.8, 4) is 5.69 Å². The highest BCUT2D eigenvalue weighted by Crippen LogP contribution is 2.12. The van der Waals surface area contributed by atoms with Crippen LogP contribution in [0, 0.1) is 0 Å². The molecule has 0 atom stereocenters. The largest absolute Gasteiger partial charge is 0.477 e. The Morgan fingerprint density at radius 3 is 2.69 bits per heavy atom. The van der Waals surface area contributed by atoms with Crippen LogP contribution in [0.5, 0.6) is 0 Å². The molecular formula is C9H8N2O2. The van der Waals surface area contributed by atoms with Crippen LogP contribution in [0.25, 0.3) is 5.69 Å². The topological polar surface area (TPSA) is 58.0 Å². The van der Waals surface area contributed by atoms with Crippen molar-refractivity contribution in [2.75, 3.05) is 0 Å². The first-order chi connectivity index (χ1) is 6.29. The summed E-state index contributed by atoms with van der Waals surface area (Å²) in [7, 11) is 0. The zero-order chi connectivity index (χ0) is 9.26. The Hall–Kier alpha value is -1.97. The molecule has 66 valence electrons. The second kappa shape index (κ2) is 2.82. The average Bonchev–Trinajstić information content (AvgIpc) is 2.74. The first-order valence-electron chi connectivity index (χ1n) is 3.83. The number of hydrogen-bond acceptors (Lipinski definition) is 1. The van der Waals surface area contributed by atoms with Gasteiger partial charge in [-0.15, -0.1) is 0 Å². The Morgan fingerprint density at radius 2 is 2.08 bits per heavy atom. The predicted molar refractivity (Wildman–Crippen MR) is 47.1 cm³/mol. The van der Waals surface area contributed by atoms with E-state index in [9.17, 15) is 4.79 Å². The summed E-state index contributed by atoms with van der Waals surface area (Å²) in [6.45, 7) is 0. The molecule has 0 saturated carbocycles. The molecule has 0 fully saturated rings. The smallest absolute Gasteiger partial charge is 0.354 e.